The molecule has 2 nitrogen and oxygen atoms in total. The molecule has 5 rings (SSSR count). The molecule has 0 N–H and O–H groups in total. The van der Waals surface area contributed by atoms with Crippen molar-refractivity contribution in [3.63, 3.8) is 0 Å². The zero-order valence-corrected chi connectivity index (χ0v) is 14.2. The summed E-state index contributed by atoms with van der Waals surface area (Å²) in [5.41, 5.74) is 0.327. The number of ketones is 1. The molecule has 0 radical (unpaired) electrons. The SMILES string of the molecule is O=CC(=O)c1c2cc3ccccc3cc2cc2cc3cccc(F)c3cc12. The van der Waals surface area contributed by atoms with Crippen molar-refractivity contribution in [2.45, 2.75) is 0 Å². The van der Waals surface area contributed by atoms with Crippen LogP contribution in [0.1, 0.15) is 10.4 Å². The summed E-state index contributed by atoms with van der Waals surface area (Å²) in [7, 11) is 0. The third-order valence-electron chi connectivity index (χ3n) is 5.12. The van der Waals surface area contributed by atoms with Crippen molar-refractivity contribution in [3.8, 4) is 0 Å². The largest absolute Gasteiger partial charge is 0.294 e. The molecule has 0 fully saturated rings. The molecule has 0 amide bonds. The van der Waals surface area contributed by atoms with Gasteiger partial charge in [-0.1, -0.05) is 36.4 Å². The highest BCUT2D eigenvalue weighted by atomic mass is 19.1. The fourth-order valence-electron chi connectivity index (χ4n) is 3.87. The molecule has 0 aromatic heterocycles. The summed E-state index contributed by atoms with van der Waals surface area (Å²) in [6.45, 7) is 0. The monoisotopic (exact) mass is 352 g/mol. The first kappa shape index (κ1) is 15.6. The van der Waals surface area contributed by atoms with Crippen molar-refractivity contribution in [2.24, 2.45) is 0 Å². The van der Waals surface area contributed by atoms with E-state index in [1.807, 2.05) is 54.6 Å². The van der Waals surface area contributed by atoms with Crippen molar-refractivity contribution in [1.82, 2.24) is 0 Å². The average Bonchev–Trinajstić information content (AvgIpc) is 2.69. The number of carbonyl (C=O) groups is 2. The van der Waals surface area contributed by atoms with Gasteiger partial charge in [-0.15, -0.1) is 0 Å². The maximum atomic E-state index is 14.3. The number of halogens is 1. The Labute approximate surface area is 153 Å². The second-order valence-electron chi connectivity index (χ2n) is 6.69. The lowest BCUT2D eigenvalue weighted by Crippen LogP contribution is -2.02. The highest BCUT2D eigenvalue weighted by Crippen LogP contribution is 2.34. The van der Waals surface area contributed by atoms with Crippen molar-refractivity contribution in [3.05, 3.63) is 84.2 Å². The van der Waals surface area contributed by atoms with Crippen molar-refractivity contribution < 1.29 is 14.0 Å². The van der Waals surface area contributed by atoms with Gasteiger partial charge in [-0.25, -0.2) is 4.39 Å². The Morgan fingerprint density at radius 3 is 2.00 bits per heavy atom. The Hall–Kier alpha value is -3.59. The minimum Gasteiger partial charge on any atom is -0.294 e. The van der Waals surface area contributed by atoms with Gasteiger partial charge in [0.1, 0.15) is 5.82 Å². The predicted octanol–water partition coefficient (Wildman–Crippen LogP) is 5.82. The molecule has 0 bridgehead atoms. The molecule has 0 spiro atoms. The lowest BCUT2D eigenvalue weighted by atomic mass is 9.91. The number of hydrogen-bond acceptors (Lipinski definition) is 2. The summed E-state index contributed by atoms with van der Waals surface area (Å²) in [6, 6.07) is 22.2. The standard InChI is InChI=1S/C24H13FO2/c25-22-7-3-6-16-9-18-10-17-8-14-4-1-2-5-15(14)11-20(17)24(23(27)13-26)21(18)12-19(16)22/h1-13H. The van der Waals surface area contributed by atoms with Crippen LogP contribution in [0.3, 0.4) is 0 Å². The molecule has 0 saturated carbocycles. The lowest BCUT2D eigenvalue weighted by Gasteiger charge is -2.12. The van der Waals surface area contributed by atoms with Gasteiger partial charge >= 0.3 is 0 Å². The highest BCUT2D eigenvalue weighted by Gasteiger charge is 2.16. The van der Waals surface area contributed by atoms with Crippen LogP contribution in [0.2, 0.25) is 0 Å². The molecule has 5 aromatic carbocycles. The van der Waals surface area contributed by atoms with E-state index in [-0.39, 0.29) is 5.82 Å². The molecule has 0 aliphatic heterocycles. The number of hydrogen-bond donors (Lipinski definition) is 0. The Kier molecular flexibility index (Phi) is 3.31. The topological polar surface area (TPSA) is 34.1 Å². The van der Waals surface area contributed by atoms with E-state index in [1.54, 1.807) is 12.1 Å². The van der Waals surface area contributed by atoms with Crippen LogP contribution in [0.15, 0.2) is 72.8 Å². The molecular weight excluding hydrogens is 339 g/mol. The molecule has 0 aliphatic rings. The number of benzene rings is 5. The Morgan fingerprint density at radius 1 is 0.667 bits per heavy atom. The summed E-state index contributed by atoms with van der Waals surface area (Å²) in [6.07, 6.45) is 0.328. The summed E-state index contributed by atoms with van der Waals surface area (Å²) in [5, 5.41) is 6.21. The van der Waals surface area contributed by atoms with Gasteiger partial charge in [0, 0.05) is 10.9 Å². The maximum absolute atomic E-state index is 14.3. The third-order valence-corrected chi connectivity index (χ3v) is 5.12. The number of Topliss-reactive ketones (excluding diaryl/α,β-unsaturated/α-hetero) is 1. The Morgan fingerprint density at radius 2 is 1.26 bits per heavy atom. The van der Waals surface area contributed by atoms with E-state index >= 15 is 0 Å². The molecule has 27 heavy (non-hydrogen) atoms. The van der Waals surface area contributed by atoms with Gasteiger partial charge in [0.05, 0.1) is 0 Å². The van der Waals surface area contributed by atoms with Crippen LogP contribution in [0.4, 0.5) is 4.39 Å². The summed E-state index contributed by atoms with van der Waals surface area (Å²) in [4.78, 5) is 23.9. The van der Waals surface area contributed by atoms with E-state index in [4.69, 9.17) is 0 Å². The molecule has 0 unspecified atom stereocenters. The second-order valence-corrected chi connectivity index (χ2v) is 6.69. The van der Waals surface area contributed by atoms with Crippen LogP contribution in [0, 0.1) is 5.82 Å². The quantitative estimate of drug-likeness (QED) is 0.174. The van der Waals surface area contributed by atoms with Crippen molar-refractivity contribution in [2.75, 3.05) is 0 Å². The fraction of sp³-hybridized carbons (Fsp3) is 0. The van der Waals surface area contributed by atoms with Gasteiger partial charge in [-0.05, 0) is 74.1 Å². The molecule has 0 heterocycles. The maximum Gasteiger partial charge on any atom is 0.226 e. The molecule has 5 aromatic rings. The highest BCUT2D eigenvalue weighted by molar-refractivity contribution is 6.40. The number of fused-ring (bicyclic) bond motifs is 4. The average molecular weight is 352 g/mol. The molecule has 0 atom stereocenters. The first-order valence-electron chi connectivity index (χ1n) is 8.63. The van der Waals surface area contributed by atoms with E-state index < -0.39 is 5.78 Å². The smallest absolute Gasteiger partial charge is 0.226 e. The molecule has 128 valence electrons. The zero-order valence-electron chi connectivity index (χ0n) is 14.2. The number of rotatable bonds is 2. The van der Waals surface area contributed by atoms with Gasteiger partial charge in [-0.3, -0.25) is 9.59 Å². The predicted molar refractivity (Wildman–Crippen MR) is 107 cm³/mol. The van der Waals surface area contributed by atoms with E-state index in [0.717, 1.165) is 26.9 Å². The van der Waals surface area contributed by atoms with Gasteiger partial charge in [-0.2, -0.15) is 0 Å². The first-order chi connectivity index (χ1) is 13.2. The summed E-state index contributed by atoms with van der Waals surface area (Å²) >= 11 is 0. The normalized spacial score (nSPS) is 11.4. The van der Waals surface area contributed by atoms with Crippen LogP contribution >= 0.6 is 0 Å². The lowest BCUT2D eigenvalue weighted by molar-refractivity contribution is -0.104. The second kappa shape index (κ2) is 5.71. The van der Waals surface area contributed by atoms with E-state index in [9.17, 15) is 14.0 Å². The third kappa shape index (κ3) is 2.32. The summed E-state index contributed by atoms with van der Waals surface area (Å²) in [5.74, 6) is -0.950. The zero-order chi connectivity index (χ0) is 18.5. The van der Waals surface area contributed by atoms with Crippen molar-refractivity contribution >= 4 is 55.2 Å². The van der Waals surface area contributed by atoms with Crippen LogP contribution < -0.4 is 0 Å². The van der Waals surface area contributed by atoms with Crippen LogP contribution in [0.5, 0.6) is 0 Å². The minimum atomic E-state index is -0.600. The van der Waals surface area contributed by atoms with Crippen LogP contribution in [-0.2, 0) is 4.79 Å². The molecule has 3 heteroatoms. The fourth-order valence-corrected chi connectivity index (χ4v) is 3.87. The van der Waals surface area contributed by atoms with Crippen LogP contribution in [-0.4, -0.2) is 12.1 Å². The van der Waals surface area contributed by atoms with Gasteiger partial charge in [0.25, 0.3) is 0 Å². The van der Waals surface area contributed by atoms with E-state index in [0.29, 0.717) is 28.0 Å². The molecule has 0 saturated heterocycles. The van der Waals surface area contributed by atoms with E-state index in [1.165, 1.54) is 6.07 Å². The van der Waals surface area contributed by atoms with E-state index in [2.05, 4.69) is 0 Å². The van der Waals surface area contributed by atoms with Gasteiger partial charge < -0.3 is 0 Å². The molecule has 0 aliphatic carbocycles. The molecular formula is C24H13FO2. The minimum absolute atomic E-state index is 0.327. The van der Waals surface area contributed by atoms with Gasteiger partial charge in [0.15, 0.2) is 6.29 Å². The summed E-state index contributed by atoms with van der Waals surface area (Å²) < 4.78 is 14.3. The van der Waals surface area contributed by atoms with Gasteiger partial charge in [0.2, 0.25) is 5.78 Å². The van der Waals surface area contributed by atoms with Crippen LogP contribution in [0.25, 0.3) is 43.1 Å². The Bertz CT molecular complexity index is 1420. The number of aldehydes is 1. The number of carbonyl (C=O) groups excluding carboxylic acids is 2. The first-order valence-corrected chi connectivity index (χ1v) is 8.63. The van der Waals surface area contributed by atoms with Crippen molar-refractivity contribution in [1.29, 1.82) is 0 Å². The Balaban J connectivity index is 2.04.